The van der Waals surface area contributed by atoms with Crippen molar-refractivity contribution in [3.63, 3.8) is 0 Å². The first-order valence-electron chi connectivity index (χ1n) is 22.0. The molecule has 306 valence electrons. The Balaban J connectivity index is 1.01. The molecule has 0 bridgehead atoms. The Bertz CT molecular complexity index is 3710. The van der Waals surface area contributed by atoms with Gasteiger partial charge in [0.05, 0.1) is 11.4 Å². The lowest BCUT2D eigenvalue weighted by molar-refractivity contribution is 0.630. The van der Waals surface area contributed by atoms with Gasteiger partial charge in [0.2, 0.25) is 0 Å². The van der Waals surface area contributed by atoms with Gasteiger partial charge >= 0.3 is 0 Å². The molecule has 1 heterocycles. The van der Waals surface area contributed by atoms with Crippen molar-refractivity contribution in [2.45, 2.75) is 0 Å². The molecule has 65 heavy (non-hydrogen) atoms. The molecule has 11 aromatic carbocycles. The van der Waals surface area contributed by atoms with Crippen LogP contribution in [0.5, 0.6) is 0 Å². The Morgan fingerprint density at radius 2 is 0.800 bits per heavy atom. The van der Waals surface area contributed by atoms with Crippen LogP contribution in [0.25, 0.3) is 99.1 Å². The van der Waals surface area contributed by atoms with E-state index < -0.39 is 0 Å². The monoisotopic (exact) mass is 833 g/mol. The molecule has 3 heteroatoms. The van der Waals surface area contributed by atoms with Gasteiger partial charge in [-0.3, -0.25) is 0 Å². The van der Waals surface area contributed by atoms with Gasteiger partial charge in [-0.1, -0.05) is 206 Å². The van der Waals surface area contributed by atoms with E-state index in [1.807, 2.05) is 54.6 Å². The minimum atomic E-state index is -0.310. The fourth-order valence-corrected chi connectivity index (χ4v) is 9.63. The molecule has 0 fully saturated rings. The zero-order chi connectivity index (χ0) is 43.3. The van der Waals surface area contributed by atoms with E-state index in [0.29, 0.717) is 5.69 Å². The number of rotatable bonds is 8. The molecule has 12 aromatic rings. The van der Waals surface area contributed by atoms with Gasteiger partial charge in [-0.2, -0.15) is 0 Å². The lowest BCUT2D eigenvalue weighted by Gasteiger charge is -2.30. The average Bonchev–Trinajstić information content (AvgIpc) is 3.77. The van der Waals surface area contributed by atoms with Gasteiger partial charge in [-0.05, 0) is 91.5 Å². The number of fused-ring (bicyclic) bond motifs is 6. The van der Waals surface area contributed by atoms with Crippen LogP contribution in [0.2, 0.25) is 0 Å². The number of nitrogens with zero attached hydrogens (tertiary/aromatic N) is 1. The highest BCUT2D eigenvalue weighted by atomic mass is 19.1. The zero-order valence-electron chi connectivity index (χ0n) is 35.3. The highest BCUT2D eigenvalue weighted by Gasteiger charge is 2.25. The molecule has 0 aliphatic heterocycles. The molecule has 0 atom stereocenters. The standard InChI is InChI=1S/C62H40FNO/c63-58-39-48(41-17-4-1-5-18-41)38-57(44-21-8-3-9-22-44)60(58)64(59-40-47-23-10-11-26-50(47)53-27-12-13-28-54(53)59)49-35-33-42(34-36-49)45-24-14-25-46(37-45)52-30-16-32-56-55-31-15-29-51(61(55)65-62(52)56)43-19-6-2-7-20-43/h1-40H. The van der Waals surface area contributed by atoms with E-state index in [4.69, 9.17) is 4.42 Å². The predicted molar refractivity (Wildman–Crippen MR) is 271 cm³/mol. The highest BCUT2D eigenvalue weighted by Crippen LogP contribution is 2.48. The van der Waals surface area contributed by atoms with E-state index in [9.17, 15) is 0 Å². The summed E-state index contributed by atoms with van der Waals surface area (Å²) in [6.45, 7) is 0. The summed E-state index contributed by atoms with van der Waals surface area (Å²) < 4.78 is 24.4. The van der Waals surface area contributed by atoms with Crippen molar-refractivity contribution in [2.24, 2.45) is 0 Å². The van der Waals surface area contributed by atoms with Gasteiger partial charge in [0.15, 0.2) is 0 Å². The molecule has 12 rings (SSSR count). The zero-order valence-corrected chi connectivity index (χ0v) is 35.3. The summed E-state index contributed by atoms with van der Waals surface area (Å²) in [5.74, 6) is -0.310. The second kappa shape index (κ2) is 16.0. The lowest BCUT2D eigenvalue weighted by Crippen LogP contribution is -2.14. The maximum Gasteiger partial charge on any atom is 0.148 e. The second-order valence-corrected chi connectivity index (χ2v) is 16.5. The fourth-order valence-electron chi connectivity index (χ4n) is 9.63. The molecular formula is C62H40FNO. The van der Waals surface area contributed by atoms with Crippen molar-refractivity contribution in [3.05, 3.63) is 248 Å². The Labute approximate surface area is 376 Å². The van der Waals surface area contributed by atoms with E-state index in [1.54, 1.807) is 6.07 Å². The minimum absolute atomic E-state index is 0.310. The third-order valence-corrected chi connectivity index (χ3v) is 12.7. The van der Waals surface area contributed by atoms with Crippen molar-refractivity contribution in [2.75, 3.05) is 4.90 Å². The van der Waals surface area contributed by atoms with Crippen molar-refractivity contribution >= 4 is 60.5 Å². The number of anilines is 3. The number of furan rings is 1. The maximum absolute atomic E-state index is 17.6. The summed E-state index contributed by atoms with van der Waals surface area (Å²) in [7, 11) is 0. The fraction of sp³-hybridized carbons (Fsp3) is 0. The number of para-hydroxylation sites is 2. The molecule has 0 N–H and O–H groups in total. The Hall–Kier alpha value is -8.53. The molecular weight excluding hydrogens is 794 g/mol. The Kier molecular flexibility index (Phi) is 9.39. The summed E-state index contributed by atoms with van der Waals surface area (Å²) in [6.07, 6.45) is 0. The predicted octanol–water partition coefficient (Wildman–Crippen LogP) is 17.8. The van der Waals surface area contributed by atoms with Gasteiger partial charge in [0.1, 0.15) is 17.0 Å². The topological polar surface area (TPSA) is 16.4 Å². The first kappa shape index (κ1) is 38.2. The first-order chi connectivity index (χ1) is 32.2. The lowest BCUT2D eigenvalue weighted by atomic mass is 9.94. The quantitative estimate of drug-likeness (QED) is 0.142. The van der Waals surface area contributed by atoms with Gasteiger partial charge in [-0.15, -0.1) is 0 Å². The van der Waals surface area contributed by atoms with Crippen LogP contribution < -0.4 is 4.90 Å². The molecule has 0 spiro atoms. The van der Waals surface area contributed by atoms with Gasteiger partial charge < -0.3 is 9.32 Å². The Morgan fingerprint density at radius 3 is 1.48 bits per heavy atom. The number of hydrogen-bond acceptors (Lipinski definition) is 2. The van der Waals surface area contributed by atoms with Crippen LogP contribution in [-0.2, 0) is 0 Å². The van der Waals surface area contributed by atoms with Crippen molar-refractivity contribution < 1.29 is 8.81 Å². The largest absolute Gasteiger partial charge is 0.455 e. The van der Waals surface area contributed by atoms with Crippen molar-refractivity contribution in [1.82, 2.24) is 0 Å². The van der Waals surface area contributed by atoms with Crippen LogP contribution in [-0.4, -0.2) is 0 Å². The maximum atomic E-state index is 17.6. The SMILES string of the molecule is Fc1cc(-c2ccccc2)cc(-c2ccccc2)c1N(c1ccc(-c2cccc(-c3cccc4c3oc3c(-c5ccccc5)cccc34)c2)cc1)c1cc2ccccc2c2ccccc12. The van der Waals surface area contributed by atoms with E-state index in [0.717, 1.165) is 110 Å². The number of benzene rings is 11. The third-order valence-electron chi connectivity index (χ3n) is 12.7. The molecule has 0 unspecified atom stereocenters. The van der Waals surface area contributed by atoms with E-state index >= 15 is 4.39 Å². The first-order valence-corrected chi connectivity index (χ1v) is 22.0. The van der Waals surface area contributed by atoms with Gasteiger partial charge in [0, 0.05) is 38.5 Å². The Morgan fingerprint density at radius 1 is 0.308 bits per heavy atom. The van der Waals surface area contributed by atoms with Gasteiger partial charge in [0.25, 0.3) is 0 Å². The second-order valence-electron chi connectivity index (χ2n) is 16.5. The molecule has 2 nitrogen and oxygen atoms in total. The van der Waals surface area contributed by atoms with Crippen molar-refractivity contribution in [1.29, 1.82) is 0 Å². The van der Waals surface area contributed by atoms with Crippen LogP contribution >= 0.6 is 0 Å². The van der Waals surface area contributed by atoms with Crippen LogP contribution in [0, 0.1) is 5.82 Å². The third kappa shape index (κ3) is 6.73. The van der Waals surface area contributed by atoms with Crippen LogP contribution in [0.4, 0.5) is 21.5 Å². The summed E-state index contributed by atoms with van der Waals surface area (Å²) in [6, 6.07) is 83.5. The van der Waals surface area contributed by atoms with Gasteiger partial charge in [-0.25, -0.2) is 4.39 Å². The molecule has 1 aromatic heterocycles. The molecule has 0 aliphatic carbocycles. The highest BCUT2D eigenvalue weighted by molar-refractivity contribution is 6.16. The van der Waals surface area contributed by atoms with E-state index in [-0.39, 0.29) is 5.82 Å². The summed E-state index contributed by atoms with van der Waals surface area (Å²) in [4.78, 5) is 2.12. The van der Waals surface area contributed by atoms with Crippen LogP contribution in [0.1, 0.15) is 0 Å². The number of halogens is 1. The minimum Gasteiger partial charge on any atom is -0.455 e. The molecule has 0 saturated heterocycles. The van der Waals surface area contributed by atoms with Crippen molar-refractivity contribution in [3.8, 4) is 55.6 Å². The summed E-state index contributed by atoms with van der Waals surface area (Å²) >= 11 is 0. The number of hydrogen-bond donors (Lipinski definition) is 0. The normalized spacial score (nSPS) is 11.5. The molecule has 0 aliphatic rings. The van der Waals surface area contributed by atoms with Crippen LogP contribution in [0.15, 0.2) is 247 Å². The van der Waals surface area contributed by atoms with E-state index in [1.165, 1.54) is 0 Å². The van der Waals surface area contributed by atoms with E-state index in [2.05, 4.69) is 187 Å². The average molecular weight is 834 g/mol. The molecule has 0 saturated carbocycles. The van der Waals surface area contributed by atoms with Crippen LogP contribution in [0.3, 0.4) is 0 Å². The molecule has 0 radical (unpaired) electrons. The molecule has 0 amide bonds. The smallest absolute Gasteiger partial charge is 0.148 e. The summed E-state index contributed by atoms with van der Waals surface area (Å²) in [5, 5.41) is 6.56. The summed E-state index contributed by atoms with van der Waals surface area (Å²) in [5.41, 5.74) is 13.9.